The Morgan fingerprint density at radius 3 is 2.64 bits per heavy atom. The van der Waals surface area contributed by atoms with Crippen molar-refractivity contribution in [1.29, 1.82) is 0 Å². The van der Waals surface area contributed by atoms with Gasteiger partial charge in [-0.3, -0.25) is 4.79 Å². The summed E-state index contributed by atoms with van der Waals surface area (Å²) in [6.45, 7) is 11.5. The number of carbonyl (C=O) groups is 1. The number of piperidine rings is 1. The number of pyridine rings is 2. The first kappa shape index (κ1) is 29.1. The first-order valence-electron chi connectivity index (χ1n) is 13.9. The predicted molar refractivity (Wildman–Crippen MR) is 153 cm³/mol. The SMILES string of the molecule is CCCCOc1cc(N2C[C@H](C)[C@@H](C)[C@@H]2CC(=O)O)cnc1OC1CCN(c2cc(OC)ncc2Cl)CC1C. The van der Waals surface area contributed by atoms with E-state index in [2.05, 4.69) is 42.5 Å². The minimum absolute atomic E-state index is 0.0396. The Morgan fingerprint density at radius 2 is 1.95 bits per heavy atom. The normalized spacial score (nSPS) is 25.0. The van der Waals surface area contributed by atoms with Crippen molar-refractivity contribution in [3.05, 3.63) is 29.5 Å². The molecule has 2 unspecified atom stereocenters. The van der Waals surface area contributed by atoms with E-state index in [1.54, 1.807) is 19.5 Å². The largest absolute Gasteiger partial charge is 0.488 e. The standard InChI is InChI=1S/C29H41ClN4O5/c1-6-7-10-38-26-11-21(34-17-18(2)20(4)23(34)13-28(35)36)14-32-29(26)39-25-8-9-33(16-19(25)3)24-12-27(37-5)31-15-22(24)30/h11-12,14-15,18-20,23,25H,6-10,13,16-17H2,1-5H3,(H,35,36)/t18-,19?,20+,23-,25?/m0/s1. The lowest BCUT2D eigenvalue weighted by molar-refractivity contribution is -0.137. The van der Waals surface area contributed by atoms with E-state index in [-0.39, 0.29) is 30.4 Å². The molecule has 2 fully saturated rings. The maximum atomic E-state index is 11.6. The molecule has 2 aromatic rings. The summed E-state index contributed by atoms with van der Waals surface area (Å²) in [6.07, 6.45) is 6.21. The molecule has 2 saturated heterocycles. The molecule has 0 bridgehead atoms. The van der Waals surface area contributed by atoms with Crippen LogP contribution >= 0.6 is 11.6 Å². The van der Waals surface area contributed by atoms with Gasteiger partial charge in [-0.05, 0) is 18.3 Å². The van der Waals surface area contributed by atoms with Gasteiger partial charge in [-0.15, -0.1) is 0 Å². The summed E-state index contributed by atoms with van der Waals surface area (Å²) in [7, 11) is 1.60. The third-order valence-electron chi connectivity index (χ3n) is 8.11. The van der Waals surface area contributed by atoms with Crippen molar-refractivity contribution in [3.63, 3.8) is 0 Å². The summed E-state index contributed by atoms with van der Waals surface area (Å²) in [5, 5.41) is 10.1. The number of hydrogen-bond acceptors (Lipinski definition) is 8. The number of methoxy groups -OCH3 is 1. The molecule has 1 N–H and O–H groups in total. The van der Waals surface area contributed by atoms with Crippen molar-refractivity contribution < 1.29 is 24.1 Å². The minimum atomic E-state index is -0.787. The van der Waals surface area contributed by atoms with Crippen LogP contribution in [0.5, 0.6) is 17.5 Å². The van der Waals surface area contributed by atoms with Gasteiger partial charge < -0.3 is 29.1 Å². The summed E-state index contributed by atoms with van der Waals surface area (Å²) in [5.41, 5.74) is 1.78. The number of carboxylic acids is 1. The molecule has 0 aromatic carbocycles. The van der Waals surface area contributed by atoms with Crippen LogP contribution in [0.4, 0.5) is 11.4 Å². The first-order chi connectivity index (χ1) is 18.7. The monoisotopic (exact) mass is 560 g/mol. The van der Waals surface area contributed by atoms with Gasteiger partial charge in [-0.25, -0.2) is 9.97 Å². The molecule has 9 nitrogen and oxygen atoms in total. The molecule has 2 aliphatic rings. The number of rotatable bonds is 11. The second-order valence-electron chi connectivity index (χ2n) is 10.9. The maximum absolute atomic E-state index is 11.6. The topological polar surface area (TPSA) is 97.2 Å². The first-order valence-corrected chi connectivity index (χ1v) is 14.3. The van der Waals surface area contributed by atoms with Crippen LogP contribution in [0, 0.1) is 17.8 Å². The molecular formula is C29H41ClN4O5. The molecule has 214 valence electrons. The van der Waals surface area contributed by atoms with Crippen molar-refractivity contribution in [2.45, 2.75) is 65.5 Å². The fourth-order valence-corrected chi connectivity index (χ4v) is 5.79. The van der Waals surface area contributed by atoms with E-state index >= 15 is 0 Å². The van der Waals surface area contributed by atoms with Crippen molar-refractivity contribution in [1.82, 2.24) is 9.97 Å². The fraction of sp³-hybridized carbons (Fsp3) is 0.621. The van der Waals surface area contributed by atoms with Gasteiger partial charge in [0.05, 0.1) is 48.9 Å². The molecule has 2 aliphatic heterocycles. The number of anilines is 2. The zero-order valence-corrected chi connectivity index (χ0v) is 24.4. The summed E-state index contributed by atoms with van der Waals surface area (Å²) < 4.78 is 18.0. The molecule has 0 spiro atoms. The van der Waals surface area contributed by atoms with Crippen molar-refractivity contribution >= 4 is 28.9 Å². The van der Waals surface area contributed by atoms with Crippen LogP contribution in [0.1, 0.15) is 53.4 Å². The van der Waals surface area contributed by atoms with Gasteiger partial charge >= 0.3 is 5.97 Å². The third kappa shape index (κ3) is 6.80. The zero-order valence-electron chi connectivity index (χ0n) is 23.6. The summed E-state index contributed by atoms with van der Waals surface area (Å²) >= 11 is 6.45. The number of carboxylic acid groups (broad SMARTS) is 1. The molecule has 4 heterocycles. The van der Waals surface area contributed by atoms with Crippen LogP contribution in [0.3, 0.4) is 0 Å². The Balaban J connectivity index is 1.51. The van der Waals surface area contributed by atoms with Crippen molar-refractivity contribution in [2.24, 2.45) is 17.8 Å². The van der Waals surface area contributed by atoms with E-state index in [1.807, 2.05) is 12.1 Å². The molecule has 2 aromatic heterocycles. The van der Waals surface area contributed by atoms with E-state index in [0.29, 0.717) is 35.1 Å². The lowest BCUT2D eigenvalue weighted by atomic mass is 9.92. The highest BCUT2D eigenvalue weighted by Crippen LogP contribution is 2.39. The maximum Gasteiger partial charge on any atom is 0.305 e. The summed E-state index contributed by atoms with van der Waals surface area (Å²) in [6, 6.07) is 3.76. The lowest BCUT2D eigenvalue weighted by Gasteiger charge is -2.38. The van der Waals surface area contributed by atoms with Crippen molar-refractivity contribution in [2.75, 3.05) is 43.2 Å². The molecule has 0 amide bonds. The smallest absolute Gasteiger partial charge is 0.305 e. The van der Waals surface area contributed by atoms with E-state index < -0.39 is 5.97 Å². The molecule has 5 atom stereocenters. The van der Waals surface area contributed by atoms with Crippen LogP contribution in [0.15, 0.2) is 24.5 Å². The van der Waals surface area contributed by atoms with E-state index in [1.165, 1.54) is 0 Å². The van der Waals surface area contributed by atoms with Crippen LogP contribution < -0.4 is 24.0 Å². The van der Waals surface area contributed by atoms with Crippen LogP contribution in [-0.4, -0.2) is 66.5 Å². The third-order valence-corrected chi connectivity index (χ3v) is 8.40. The average molecular weight is 561 g/mol. The number of halogens is 1. The van der Waals surface area contributed by atoms with Crippen molar-refractivity contribution in [3.8, 4) is 17.5 Å². The van der Waals surface area contributed by atoms with Gasteiger partial charge in [0.1, 0.15) is 6.10 Å². The number of nitrogens with zero attached hydrogens (tertiary/aromatic N) is 4. The quantitative estimate of drug-likeness (QED) is 0.355. The van der Waals surface area contributed by atoms with Crippen LogP contribution in [-0.2, 0) is 4.79 Å². The highest BCUT2D eigenvalue weighted by atomic mass is 35.5. The highest BCUT2D eigenvalue weighted by molar-refractivity contribution is 6.33. The molecule has 10 heteroatoms. The predicted octanol–water partition coefficient (Wildman–Crippen LogP) is 5.55. The second-order valence-corrected chi connectivity index (χ2v) is 11.3. The molecule has 0 radical (unpaired) electrons. The van der Waals surface area contributed by atoms with Gasteiger partial charge in [0.25, 0.3) is 5.88 Å². The molecule has 0 aliphatic carbocycles. The minimum Gasteiger partial charge on any atom is -0.488 e. The number of hydrogen-bond donors (Lipinski definition) is 1. The van der Waals surface area contributed by atoms with E-state index in [4.69, 9.17) is 30.8 Å². The van der Waals surface area contributed by atoms with Gasteiger partial charge in [-0.2, -0.15) is 0 Å². The zero-order chi connectivity index (χ0) is 28.1. The molecule has 4 rings (SSSR count). The Morgan fingerprint density at radius 1 is 1.15 bits per heavy atom. The average Bonchev–Trinajstić information content (AvgIpc) is 3.19. The van der Waals surface area contributed by atoms with Gasteiger partial charge in [0.2, 0.25) is 5.88 Å². The van der Waals surface area contributed by atoms with Gasteiger partial charge in [-0.1, -0.05) is 45.7 Å². The molecular weight excluding hydrogens is 520 g/mol. The van der Waals surface area contributed by atoms with Crippen LogP contribution in [0.25, 0.3) is 0 Å². The number of unbranched alkanes of at least 4 members (excludes halogenated alkanes) is 1. The van der Waals surface area contributed by atoms with Gasteiger partial charge in [0, 0.05) is 50.1 Å². The van der Waals surface area contributed by atoms with E-state index in [9.17, 15) is 9.90 Å². The van der Waals surface area contributed by atoms with E-state index in [0.717, 1.165) is 50.3 Å². The lowest BCUT2D eigenvalue weighted by Crippen LogP contribution is -2.44. The van der Waals surface area contributed by atoms with Crippen LogP contribution in [0.2, 0.25) is 5.02 Å². The summed E-state index contributed by atoms with van der Waals surface area (Å²) in [5.74, 6) is 1.70. The number of ether oxygens (including phenoxy) is 3. The second kappa shape index (κ2) is 12.9. The number of aromatic nitrogens is 2. The molecule has 0 saturated carbocycles. The molecule has 39 heavy (non-hydrogen) atoms. The Bertz CT molecular complexity index is 1130. The number of aliphatic carboxylic acids is 1. The Hall–Kier alpha value is -2.94. The Labute approximate surface area is 236 Å². The summed E-state index contributed by atoms with van der Waals surface area (Å²) in [4.78, 5) is 24.9. The Kier molecular flexibility index (Phi) is 9.64. The fourth-order valence-electron chi connectivity index (χ4n) is 5.57. The highest BCUT2D eigenvalue weighted by Gasteiger charge is 2.38. The van der Waals surface area contributed by atoms with Gasteiger partial charge in [0.15, 0.2) is 5.75 Å².